The number of alkyl halides is 1. The maximum absolute atomic E-state index is 3.80. The Morgan fingerprint density at radius 2 is 1.81 bits per heavy atom. The van der Waals surface area contributed by atoms with E-state index in [9.17, 15) is 0 Å². The number of halogens is 1. The molecule has 0 aliphatic heterocycles. The number of hydrogen-bond acceptors (Lipinski definition) is 0. The summed E-state index contributed by atoms with van der Waals surface area (Å²) in [6.45, 7) is 0. The van der Waals surface area contributed by atoms with E-state index in [1.165, 1.54) is 50.5 Å². The monoisotopic (exact) mass is 280 g/mol. The number of aryl methyl sites for hydroxylation is 1. The molecule has 0 aromatic heterocycles. The fourth-order valence-electron chi connectivity index (χ4n) is 2.67. The molecule has 1 fully saturated rings. The van der Waals surface area contributed by atoms with Crippen LogP contribution in [0.1, 0.15) is 44.1 Å². The molecule has 0 heterocycles. The maximum atomic E-state index is 3.80. The van der Waals surface area contributed by atoms with Crippen molar-refractivity contribution in [2.45, 2.75) is 49.8 Å². The lowest BCUT2D eigenvalue weighted by molar-refractivity contribution is 0.433. The highest BCUT2D eigenvalue weighted by Gasteiger charge is 2.17. The van der Waals surface area contributed by atoms with Crippen molar-refractivity contribution >= 4 is 15.9 Å². The smallest absolute Gasteiger partial charge is 0.0148 e. The van der Waals surface area contributed by atoms with Crippen molar-refractivity contribution in [1.82, 2.24) is 0 Å². The summed E-state index contributed by atoms with van der Waals surface area (Å²) >= 11 is 3.80. The van der Waals surface area contributed by atoms with Gasteiger partial charge in [0.1, 0.15) is 0 Å². The molecule has 1 aliphatic carbocycles. The molecule has 2 atom stereocenters. The van der Waals surface area contributed by atoms with Crippen molar-refractivity contribution in [3.63, 3.8) is 0 Å². The zero-order valence-electron chi connectivity index (χ0n) is 9.87. The lowest BCUT2D eigenvalue weighted by atomic mass is 9.93. The van der Waals surface area contributed by atoms with Gasteiger partial charge in [0.15, 0.2) is 0 Å². The van der Waals surface area contributed by atoms with Crippen molar-refractivity contribution in [2.24, 2.45) is 5.92 Å². The van der Waals surface area contributed by atoms with Gasteiger partial charge in [-0.2, -0.15) is 0 Å². The Morgan fingerprint density at radius 3 is 2.62 bits per heavy atom. The number of hydrogen-bond donors (Lipinski definition) is 0. The summed E-state index contributed by atoms with van der Waals surface area (Å²) in [6, 6.07) is 10.9. The average Bonchev–Trinajstić information content (AvgIpc) is 2.52. The summed E-state index contributed by atoms with van der Waals surface area (Å²) in [4.78, 5) is 0.774. The van der Waals surface area contributed by atoms with Gasteiger partial charge in [-0.15, -0.1) is 0 Å². The summed E-state index contributed by atoms with van der Waals surface area (Å²) in [5.41, 5.74) is 1.50. The minimum absolute atomic E-state index is 0.774. The third-order valence-corrected chi connectivity index (χ3v) is 4.48. The molecule has 1 saturated carbocycles. The highest BCUT2D eigenvalue weighted by molar-refractivity contribution is 9.09. The first-order valence-corrected chi connectivity index (χ1v) is 7.44. The molecule has 0 N–H and O–H groups in total. The van der Waals surface area contributed by atoms with E-state index >= 15 is 0 Å². The molecule has 1 aliphatic rings. The van der Waals surface area contributed by atoms with Gasteiger partial charge < -0.3 is 0 Å². The highest BCUT2D eigenvalue weighted by atomic mass is 79.9. The van der Waals surface area contributed by atoms with Crippen molar-refractivity contribution in [1.29, 1.82) is 0 Å². The molecule has 0 nitrogen and oxygen atoms in total. The van der Waals surface area contributed by atoms with Crippen LogP contribution in [-0.4, -0.2) is 4.83 Å². The first-order valence-electron chi connectivity index (χ1n) is 6.52. The van der Waals surface area contributed by atoms with Crippen molar-refractivity contribution in [3.05, 3.63) is 35.9 Å². The van der Waals surface area contributed by atoms with Gasteiger partial charge >= 0.3 is 0 Å². The summed E-state index contributed by atoms with van der Waals surface area (Å²) in [5.74, 6) is 0.937. The Morgan fingerprint density at radius 1 is 1.06 bits per heavy atom. The summed E-state index contributed by atoms with van der Waals surface area (Å²) < 4.78 is 0. The molecule has 0 bridgehead atoms. The van der Waals surface area contributed by atoms with Gasteiger partial charge in [0, 0.05) is 4.83 Å². The fourth-order valence-corrected chi connectivity index (χ4v) is 3.53. The topological polar surface area (TPSA) is 0 Å². The molecule has 16 heavy (non-hydrogen) atoms. The first kappa shape index (κ1) is 12.2. The zero-order valence-corrected chi connectivity index (χ0v) is 11.5. The molecule has 0 radical (unpaired) electrons. The van der Waals surface area contributed by atoms with Gasteiger partial charge in [-0.05, 0) is 37.2 Å². The van der Waals surface area contributed by atoms with E-state index in [0.29, 0.717) is 0 Å². The molecule has 0 saturated heterocycles. The van der Waals surface area contributed by atoms with Crippen LogP contribution in [0, 0.1) is 5.92 Å². The molecule has 0 amide bonds. The molecule has 0 spiro atoms. The second-order valence-electron chi connectivity index (χ2n) is 5.01. The van der Waals surface area contributed by atoms with Crippen LogP contribution in [0.3, 0.4) is 0 Å². The van der Waals surface area contributed by atoms with Crippen molar-refractivity contribution < 1.29 is 0 Å². The van der Waals surface area contributed by atoms with E-state index in [2.05, 4.69) is 46.3 Å². The van der Waals surface area contributed by atoms with Crippen LogP contribution in [0.25, 0.3) is 0 Å². The average molecular weight is 281 g/mol. The largest absolute Gasteiger partial charge is 0.0891 e. The minimum atomic E-state index is 0.774. The highest BCUT2D eigenvalue weighted by Crippen LogP contribution is 2.30. The van der Waals surface area contributed by atoms with E-state index < -0.39 is 0 Å². The fraction of sp³-hybridized carbons (Fsp3) is 0.600. The third kappa shape index (κ3) is 3.93. The van der Waals surface area contributed by atoms with Crippen LogP contribution in [-0.2, 0) is 6.42 Å². The van der Waals surface area contributed by atoms with Gasteiger partial charge in [-0.25, -0.2) is 0 Å². The summed E-state index contributed by atoms with van der Waals surface area (Å²) in [6.07, 6.45) is 9.67. The van der Waals surface area contributed by atoms with E-state index in [1.54, 1.807) is 0 Å². The zero-order chi connectivity index (χ0) is 11.2. The van der Waals surface area contributed by atoms with Crippen LogP contribution >= 0.6 is 15.9 Å². The first-order chi connectivity index (χ1) is 7.84. The second-order valence-corrected chi connectivity index (χ2v) is 6.30. The van der Waals surface area contributed by atoms with Crippen LogP contribution in [0.15, 0.2) is 30.3 Å². The van der Waals surface area contributed by atoms with Crippen LogP contribution < -0.4 is 0 Å². The maximum Gasteiger partial charge on any atom is 0.0148 e. The molecular formula is C15H21Br. The Kier molecular flexibility index (Phi) is 4.90. The standard InChI is InChI=1S/C15H21Br/c16-15-9-5-4-8-14(12-15)11-10-13-6-2-1-3-7-13/h1-3,6-7,14-15H,4-5,8-12H2. The van der Waals surface area contributed by atoms with Crippen LogP contribution in [0.4, 0.5) is 0 Å². The second kappa shape index (κ2) is 6.44. The van der Waals surface area contributed by atoms with Gasteiger partial charge in [0.05, 0.1) is 0 Å². The Hall–Kier alpha value is -0.300. The SMILES string of the molecule is BrC1CCCCC(CCc2ccccc2)C1. The quantitative estimate of drug-likeness (QED) is 0.542. The molecular weight excluding hydrogens is 260 g/mol. The van der Waals surface area contributed by atoms with Gasteiger partial charge in [-0.1, -0.05) is 65.5 Å². The van der Waals surface area contributed by atoms with E-state index in [4.69, 9.17) is 0 Å². The van der Waals surface area contributed by atoms with Crippen molar-refractivity contribution in [2.75, 3.05) is 0 Å². The molecule has 88 valence electrons. The van der Waals surface area contributed by atoms with Crippen molar-refractivity contribution in [3.8, 4) is 0 Å². The minimum Gasteiger partial charge on any atom is -0.0891 e. The Bertz CT molecular complexity index is 294. The van der Waals surface area contributed by atoms with Gasteiger partial charge in [0.2, 0.25) is 0 Å². The molecule has 1 heteroatoms. The Balaban J connectivity index is 1.80. The Labute approximate surface area is 108 Å². The molecule has 1 aromatic rings. The van der Waals surface area contributed by atoms with E-state index in [0.717, 1.165) is 10.7 Å². The number of benzene rings is 1. The lowest BCUT2D eigenvalue weighted by Crippen LogP contribution is -2.06. The lowest BCUT2D eigenvalue weighted by Gasteiger charge is -2.15. The van der Waals surface area contributed by atoms with Crippen LogP contribution in [0.5, 0.6) is 0 Å². The molecule has 2 unspecified atom stereocenters. The summed E-state index contributed by atoms with van der Waals surface area (Å²) in [5, 5.41) is 0. The molecule has 2 rings (SSSR count). The van der Waals surface area contributed by atoms with Gasteiger partial charge in [0.25, 0.3) is 0 Å². The van der Waals surface area contributed by atoms with E-state index in [1.807, 2.05) is 0 Å². The normalized spacial score (nSPS) is 26.3. The number of rotatable bonds is 3. The predicted octanol–water partition coefficient (Wildman–Crippen LogP) is 4.96. The molecule has 1 aromatic carbocycles. The predicted molar refractivity (Wildman–Crippen MR) is 74.1 cm³/mol. The van der Waals surface area contributed by atoms with Crippen LogP contribution in [0.2, 0.25) is 0 Å². The van der Waals surface area contributed by atoms with Gasteiger partial charge in [-0.3, -0.25) is 0 Å². The summed E-state index contributed by atoms with van der Waals surface area (Å²) in [7, 11) is 0. The third-order valence-electron chi connectivity index (χ3n) is 3.65. The van der Waals surface area contributed by atoms with E-state index in [-0.39, 0.29) is 0 Å².